The van der Waals surface area contributed by atoms with Gasteiger partial charge in [0.15, 0.2) is 5.82 Å². The number of nitrogens with two attached hydrogens (primary N) is 1. The van der Waals surface area contributed by atoms with Gasteiger partial charge >= 0.3 is 0 Å². The summed E-state index contributed by atoms with van der Waals surface area (Å²) in [4.78, 5) is 38.3. The first kappa shape index (κ1) is 14.2. The molecule has 0 aromatic carbocycles. The highest BCUT2D eigenvalue weighted by Gasteiger charge is 2.28. The van der Waals surface area contributed by atoms with Gasteiger partial charge in [0.1, 0.15) is 6.04 Å². The Morgan fingerprint density at radius 1 is 1.50 bits per heavy atom. The van der Waals surface area contributed by atoms with E-state index in [1.165, 1.54) is 12.3 Å². The molecule has 0 bridgehead atoms. The number of anilines is 1. The van der Waals surface area contributed by atoms with Crippen LogP contribution in [0.1, 0.15) is 23.2 Å². The van der Waals surface area contributed by atoms with E-state index < -0.39 is 17.9 Å². The lowest BCUT2D eigenvalue weighted by Crippen LogP contribution is -2.52. The van der Waals surface area contributed by atoms with E-state index in [4.69, 9.17) is 17.4 Å². The number of hydrogen-bond donors (Lipinski definition) is 4. The molecular weight excluding hydrogens is 286 g/mol. The summed E-state index contributed by atoms with van der Waals surface area (Å²) in [5, 5.41) is 4.86. The van der Waals surface area contributed by atoms with Crippen molar-refractivity contribution < 1.29 is 14.4 Å². The quantitative estimate of drug-likeness (QED) is 0.340. The molecular formula is C11H12ClN5O3. The smallest absolute Gasteiger partial charge is 0.253 e. The molecule has 5 N–H and O–H groups in total. The van der Waals surface area contributed by atoms with Crippen LogP contribution in [0.2, 0.25) is 5.02 Å². The molecule has 0 spiro atoms. The second-order valence-corrected chi connectivity index (χ2v) is 4.58. The fourth-order valence-electron chi connectivity index (χ4n) is 1.74. The number of halogens is 1. The summed E-state index contributed by atoms with van der Waals surface area (Å²) in [6, 6.07) is 0.636. The molecule has 0 saturated carbocycles. The summed E-state index contributed by atoms with van der Waals surface area (Å²) in [5.41, 5.74) is 2.47. The Labute approximate surface area is 119 Å². The molecule has 1 aliphatic heterocycles. The van der Waals surface area contributed by atoms with E-state index in [1.807, 2.05) is 0 Å². The monoisotopic (exact) mass is 297 g/mol. The van der Waals surface area contributed by atoms with Crippen LogP contribution in [0.3, 0.4) is 0 Å². The summed E-state index contributed by atoms with van der Waals surface area (Å²) >= 11 is 5.86. The first-order valence-corrected chi connectivity index (χ1v) is 6.15. The molecule has 8 nitrogen and oxygen atoms in total. The van der Waals surface area contributed by atoms with Crippen molar-refractivity contribution in [1.29, 1.82) is 0 Å². The molecule has 106 valence electrons. The van der Waals surface area contributed by atoms with Crippen LogP contribution in [-0.2, 0) is 9.59 Å². The first-order valence-electron chi connectivity index (χ1n) is 5.78. The number of piperidine rings is 1. The molecule has 0 aliphatic carbocycles. The summed E-state index contributed by atoms with van der Waals surface area (Å²) in [6.45, 7) is 0. The molecule has 1 aliphatic rings. The fourth-order valence-corrected chi connectivity index (χ4v) is 1.96. The van der Waals surface area contributed by atoms with E-state index in [-0.39, 0.29) is 35.2 Å². The summed E-state index contributed by atoms with van der Waals surface area (Å²) in [7, 11) is 0. The lowest BCUT2D eigenvalue weighted by molar-refractivity contribution is -0.134. The second kappa shape index (κ2) is 5.85. The number of nitrogens with zero attached hydrogens (tertiary/aromatic N) is 1. The minimum absolute atomic E-state index is 0.184. The predicted molar refractivity (Wildman–Crippen MR) is 70.7 cm³/mol. The molecule has 1 aromatic rings. The number of pyridine rings is 1. The van der Waals surface area contributed by atoms with Gasteiger partial charge in [0.05, 0.1) is 10.6 Å². The Hall–Kier alpha value is -2.19. The normalized spacial score (nSPS) is 18.4. The third-order valence-electron chi connectivity index (χ3n) is 2.78. The standard InChI is InChI=1S/C11H12ClN5O3/c12-6-3-5(4-14-9(6)17-13)10(19)15-7-1-2-8(18)16-11(7)20/h3-4,7H,1-2,13H2,(H,14,17)(H,15,19)(H,16,18,20). The summed E-state index contributed by atoms with van der Waals surface area (Å²) in [6.07, 6.45) is 1.73. The van der Waals surface area contributed by atoms with Crippen LogP contribution in [0.4, 0.5) is 5.82 Å². The predicted octanol–water partition coefficient (Wildman–Crippen LogP) is -0.444. The molecule has 0 radical (unpaired) electrons. The van der Waals surface area contributed by atoms with Gasteiger partial charge in [0.25, 0.3) is 5.91 Å². The molecule has 1 saturated heterocycles. The Morgan fingerprint density at radius 3 is 2.85 bits per heavy atom. The minimum Gasteiger partial charge on any atom is -0.340 e. The lowest BCUT2D eigenvalue weighted by atomic mass is 10.1. The highest BCUT2D eigenvalue weighted by Crippen LogP contribution is 2.19. The Morgan fingerprint density at radius 2 is 2.25 bits per heavy atom. The van der Waals surface area contributed by atoms with Crippen LogP contribution in [0, 0.1) is 0 Å². The van der Waals surface area contributed by atoms with Crippen LogP contribution in [0.25, 0.3) is 0 Å². The molecule has 1 unspecified atom stereocenters. The number of rotatable bonds is 3. The number of carbonyl (C=O) groups excluding carboxylic acids is 3. The molecule has 1 aromatic heterocycles. The molecule has 2 heterocycles. The number of hydrazine groups is 1. The number of hydrogen-bond acceptors (Lipinski definition) is 6. The third kappa shape index (κ3) is 3.03. The van der Waals surface area contributed by atoms with Crippen molar-refractivity contribution in [3.63, 3.8) is 0 Å². The van der Waals surface area contributed by atoms with E-state index in [0.717, 1.165) is 0 Å². The fraction of sp³-hybridized carbons (Fsp3) is 0.273. The molecule has 1 atom stereocenters. The van der Waals surface area contributed by atoms with Crippen molar-refractivity contribution in [3.8, 4) is 0 Å². The average molecular weight is 298 g/mol. The van der Waals surface area contributed by atoms with Gasteiger partial charge in [0.2, 0.25) is 11.8 Å². The summed E-state index contributed by atoms with van der Waals surface area (Å²) in [5.74, 6) is 4.05. The van der Waals surface area contributed by atoms with E-state index in [1.54, 1.807) is 0 Å². The van der Waals surface area contributed by atoms with E-state index in [9.17, 15) is 14.4 Å². The number of nitrogen functional groups attached to an aromatic ring is 1. The lowest BCUT2D eigenvalue weighted by Gasteiger charge is -2.21. The molecule has 20 heavy (non-hydrogen) atoms. The number of imide groups is 1. The highest BCUT2D eigenvalue weighted by atomic mass is 35.5. The van der Waals surface area contributed by atoms with Crippen LogP contribution < -0.4 is 21.9 Å². The van der Waals surface area contributed by atoms with Gasteiger partial charge in [-0.05, 0) is 12.5 Å². The SMILES string of the molecule is NNc1ncc(C(=O)NC2CCC(=O)NC2=O)cc1Cl. The Kier molecular flexibility index (Phi) is 4.16. The van der Waals surface area contributed by atoms with Gasteiger partial charge in [0, 0.05) is 12.6 Å². The average Bonchev–Trinajstić information content (AvgIpc) is 2.41. The number of carbonyl (C=O) groups is 3. The maximum absolute atomic E-state index is 12.0. The third-order valence-corrected chi connectivity index (χ3v) is 3.07. The van der Waals surface area contributed by atoms with E-state index in [0.29, 0.717) is 0 Å². The zero-order valence-electron chi connectivity index (χ0n) is 10.3. The molecule has 3 amide bonds. The number of nitrogens with one attached hydrogen (secondary N) is 3. The van der Waals surface area contributed by atoms with Crippen molar-refractivity contribution in [2.24, 2.45) is 5.84 Å². The van der Waals surface area contributed by atoms with Gasteiger partial charge in [-0.25, -0.2) is 10.8 Å². The van der Waals surface area contributed by atoms with Gasteiger partial charge in [-0.15, -0.1) is 0 Å². The Balaban J connectivity index is 2.06. The van der Waals surface area contributed by atoms with Crippen LogP contribution >= 0.6 is 11.6 Å². The summed E-state index contributed by atoms with van der Waals surface area (Å²) < 4.78 is 0. The minimum atomic E-state index is -0.744. The Bertz CT molecular complexity index is 577. The maximum Gasteiger partial charge on any atom is 0.253 e. The van der Waals surface area contributed by atoms with Crippen molar-refractivity contribution in [2.75, 3.05) is 5.43 Å². The van der Waals surface area contributed by atoms with Gasteiger partial charge in [-0.1, -0.05) is 11.6 Å². The van der Waals surface area contributed by atoms with Crippen molar-refractivity contribution in [2.45, 2.75) is 18.9 Å². The van der Waals surface area contributed by atoms with Gasteiger partial charge < -0.3 is 10.7 Å². The topological polar surface area (TPSA) is 126 Å². The van der Waals surface area contributed by atoms with E-state index in [2.05, 4.69) is 21.0 Å². The van der Waals surface area contributed by atoms with Gasteiger partial charge in [-0.3, -0.25) is 19.7 Å². The van der Waals surface area contributed by atoms with Crippen molar-refractivity contribution >= 4 is 35.1 Å². The van der Waals surface area contributed by atoms with Crippen molar-refractivity contribution in [3.05, 3.63) is 22.8 Å². The number of aromatic nitrogens is 1. The number of amides is 3. The zero-order chi connectivity index (χ0) is 14.7. The first-order chi connectivity index (χ1) is 9.51. The zero-order valence-corrected chi connectivity index (χ0v) is 11.0. The van der Waals surface area contributed by atoms with Crippen LogP contribution in [0.5, 0.6) is 0 Å². The van der Waals surface area contributed by atoms with Crippen molar-refractivity contribution in [1.82, 2.24) is 15.6 Å². The second-order valence-electron chi connectivity index (χ2n) is 4.18. The highest BCUT2D eigenvalue weighted by molar-refractivity contribution is 6.33. The van der Waals surface area contributed by atoms with Crippen LogP contribution in [-0.4, -0.2) is 28.7 Å². The molecule has 1 fully saturated rings. The maximum atomic E-state index is 12.0. The van der Waals surface area contributed by atoms with Crippen LogP contribution in [0.15, 0.2) is 12.3 Å². The van der Waals surface area contributed by atoms with E-state index >= 15 is 0 Å². The largest absolute Gasteiger partial charge is 0.340 e. The molecule has 9 heteroatoms. The van der Waals surface area contributed by atoms with Gasteiger partial charge in [-0.2, -0.15) is 0 Å². The molecule has 2 rings (SSSR count).